The minimum Gasteiger partial charge on any atom is -0.381 e. The Balaban J connectivity index is 1.45. The molecule has 1 atom stereocenters. The summed E-state index contributed by atoms with van der Waals surface area (Å²) in [6.45, 7) is 4.46. The summed E-state index contributed by atoms with van der Waals surface area (Å²) in [7, 11) is 1.90. The van der Waals surface area contributed by atoms with Gasteiger partial charge in [-0.15, -0.1) is 0 Å². The summed E-state index contributed by atoms with van der Waals surface area (Å²) >= 11 is 0. The lowest BCUT2D eigenvalue weighted by Gasteiger charge is -2.21. The smallest absolute Gasteiger partial charge is 0.263 e. The van der Waals surface area contributed by atoms with Crippen LogP contribution in [0.4, 0.5) is 11.6 Å². The van der Waals surface area contributed by atoms with Crippen molar-refractivity contribution in [3.05, 3.63) is 99.2 Å². The molecule has 0 saturated heterocycles. The molecule has 0 fully saturated rings. The number of carbonyl (C=O) groups excluding carboxylic acids is 1. The Hall–Kier alpha value is -5.25. The maximum Gasteiger partial charge on any atom is 0.263 e. The van der Waals surface area contributed by atoms with Gasteiger partial charge < -0.3 is 11.1 Å². The molecule has 1 aliphatic rings. The van der Waals surface area contributed by atoms with Crippen molar-refractivity contribution in [1.82, 2.24) is 29.4 Å². The quantitative estimate of drug-likeness (QED) is 0.323. The van der Waals surface area contributed by atoms with Gasteiger partial charge in [-0.2, -0.15) is 10.2 Å². The molecule has 0 saturated carbocycles. The number of benzene rings is 2. The minimum absolute atomic E-state index is 0.128. The lowest BCUT2D eigenvalue weighted by molar-refractivity contribution is 0.0940. The Morgan fingerprint density at radius 1 is 1.10 bits per heavy atom. The normalized spacial score (nSPS) is 13.5. The van der Waals surface area contributed by atoms with Crippen LogP contribution in [0.25, 0.3) is 28.6 Å². The number of para-hydroxylation sites is 1. The Labute approximate surface area is 236 Å². The zero-order valence-electron chi connectivity index (χ0n) is 23.1. The van der Waals surface area contributed by atoms with Gasteiger partial charge in [0.1, 0.15) is 5.56 Å². The van der Waals surface area contributed by atoms with Gasteiger partial charge >= 0.3 is 0 Å². The number of pyridine rings is 1. The number of anilines is 1. The maximum atomic E-state index is 14.3. The van der Waals surface area contributed by atoms with E-state index in [1.54, 1.807) is 21.7 Å². The molecule has 10 heteroatoms. The number of nitrogens with two attached hydrogens (primary N) is 1. The van der Waals surface area contributed by atoms with E-state index in [1.807, 2.05) is 92.3 Å². The van der Waals surface area contributed by atoms with Crippen molar-refractivity contribution in [2.24, 2.45) is 12.0 Å². The highest BCUT2D eigenvalue weighted by molar-refractivity contribution is 6.03. The second kappa shape index (κ2) is 10.4. The number of aryl methyl sites for hydroxylation is 2. The van der Waals surface area contributed by atoms with Crippen LogP contribution >= 0.6 is 0 Å². The van der Waals surface area contributed by atoms with Gasteiger partial charge in [0.2, 0.25) is 0 Å². The second-order valence-electron chi connectivity index (χ2n) is 10.1. The first-order chi connectivity index (χ1) is 19.8. The largest absolute Gasteiger partial charge is 0.381 e. The number of nitrogens with zero attached hydrogens (tertiary/aromatic N) is 6. The predicted octanol–water partition coefficient (Wildman–Crippen LogP) is 4.58. The standard InChI is InChI=1S/C31H30N8O2/c1-19(35-30(40)27-28(32)36-38-16-8-15-33-29(27)38)25-17-22-10-7-9-21(13-14-23-18-34-37(3)20(23)2)26(22)31(41)39(25)24-11-5-4-6-12-24/h4-7,9-15,17-19H,8,16H2,1-3H3,(H2,32,36)(H,35,40)/b14-13+/t19-/m0/s1. The Kier molecular flexibility index (Phi) is 6.58. The summed E-state index contributed by atoms with van der Waals surface area (Å²) < 4.78 is 5.12. The van der Waals surface area contributed by atoms with Crippen LogP contribution < -0.4 is 16.6 Å². The molecule has 0 aliphatic carbocycles. The van der Waals surface area contributed by atoms with E-state index in [4.69, 9.17) is 5.73 Å². The highest BCUT2D eigenvalue weighted by atomic mass is 16.2. The molecule has 1 aliphatic heterocycles. The van der Waals surface area contributed by atoms with Crippen molar-refractivity contribution in [3.63, 3.8) is 0 Å². The molecular weight excluding hydrogens is 516 g/mol. The Morgan fingerprint density at radius 3 is 2.63 bits per heavy atom. The van der Waals surface area contributed by atoms with Crippen LogP contribution in [0.15, 0.2) is 70.6 Å². The summed E-state index contributed by atoms with van der Waals surface area (Å²) in [5.74, 6) is 0.173. The third-order valence-corrected chi connectivity index (χ3v) is 7.49. The van der Waals surface area contributed by atoms with Gasteiger partial charge in [-0.1, -0.05) is 48.6 Å². The minimum atomic E-state index is -0.542. The molecule has 5 aromatic rings. The molecule has 41 heavy (non-hydrogen) atoms. The molecular formula is C31H30N8O2. The van der Waals surface area contributed by atoms with Crippen molar-refractivity contribution >= 4 is 46.7 Å². The van der Waals surface area contributed by atoms with Gasteiger partial charge in [0, 0.05) is 48.9 Å². The first-order valence-corrected chi connectivity index (χ1v) is 13.4. The summed E-state index contributed by atoms with van der Waals surface area (Å²) in [6.07, 6.45) is 8.21. The van der Waals surface area contributed by atoms with Crippen molar-refractivity contribution < 1.29 is 4.79 Å². The molecule has 3 N–H and O–H groups in total. The fourth-order valence-electron chi connectivity index (χ4n) is 5.22. The molecule has 4 heterocycles. The number of hydrogen-bond donors (Lipinski definition) is 2. The average Bonchev–Trinajstić information content (AvgIpc) is 3.49. The van der Waals surface area contributed by atoms with Gasteiger partial charge in [0.25, 0.3) is 11.5 Å². The zero-order valence-corrected chi connectivity index (χ0v) is 23.1. The highest BCUT2D eigenvalue weighted by Crippen LogP contribution is 2.29. The summed E-state index contributed by atoms with van der Waals surface area (Å²) in [6, 6.07) is 16.6. The van der Waals surface area contributed by atoms with E-state index in [-0.39, 0.29) is 16.9 Å². The van der Waals surface area contributed by atoms with Crippen LogP contribution in [0.2, 0.25) is 0 Å². The molecule has 6 rings (SSSR count). The molecule has 3 aromatic heterocycles. The van der Waals surface area contributed by atoms with Gasteiger partial charge in [0.15, 0.2) is 11.6 Å². The van der Waals surface area contributed by atoms with Gasteiger partial charge in [-0.05, 0) is 43.0 Å². The fraction of sp³-hybridized carbons (Fsp3) is 0.194. The van der Waals surface area contributed by atoms with E-state index in [1.165, 1.54) is 0 Å². The van der Waals surface area contributed by atoms with E-state index in [0.717, 1.165) is 28.6 Å². The van der Waals surface area contributed by atoms with Crippen molar-refractivity contribution in [3.8, 4) is 5.69 Å². The first kappa shape index (κ1) is 26.0. The lowest BCUT2D eigenvalue weighted by atomic mass is 10.0. The summed E-state index contributed by atoms with van der Waals surface area (Å²) in [5, 5.41) is 13.0. The van der Waals surface area contributed by atoms with Crippen LogP contribution in [0.3, 0.4) is 0 Å². The molecule has 2 aromatic carbocycles. The van der Waals surface area contributed by atoms with Crippen LogP contribution in [0.1, 0.15) is 52.3 Å². The molecule has 10 nitrogen and oxygen atoms in total. The van der Waals surface area contributed by atoms with E-state index in [2.05, 4.69) is 20.5 Å². The van der Waals surface area contributed by atoms with Gasteiger partial charge in [0.05, 0.1) is 17.6 Å². The van der Waals surface area contributed by atoms with Crippen LogP contribution in [-0.4, -0.2) is 36.2 Å². The average molecular weight is 547 g/mol. The van der Waals surface area contributed by atoms with Gasteiger partial charge in [-0.3, -0.25) is 18.8 Å². The van der Waals surface area contributed by atoms with Crippen molar-refractivity contribution in [1.29, 1.82) is 0 Å². The number of rotatable bonds is 6. The number of carbonyl (C=O) groups is 1. The summed E-state index contributed by atoms with van der Waals surface area (Å²) in [4.78, 5) is 32.1. The van der Waals surface area contributed by atoms with Gasteiger partial charge in [-0.25, -0.2) is 9.67 Å². The molecule has 1 amide bonds. The zero-order chi connectivity index (χ0) is 28.7. The van der Waals surface area contributed by atoms with Crippen LogP contribution in [-0.2, 0) is 13.6 Å². The Bertz CT molecular complexity index is 1910. The van der Waals surface area contributed by atoms with E-state index >= 15 is 0 Å². The molecule has 0 bridgehead atoms. The number of fused-ring (bicyclic) bond motifs is 2. The van der Waals surface area contributed by atoms with Crippen LogP contribution in [0.5, 0.6) is 0 Å². The molecule has 0 spiro atoms. The monoisotopic (exact) mass is 546 g/mol. The number of aliphatic imine (C=N–C) groups is 1. The fourth-order valence-corrected chi connectivity index (χ4v) is 5.22. The van der Waals surface area contributed by atoms with E-state index in [9.17, 15) is 9.59 Å². The van der Waals surface area contributed by atoms with E-state index in [0.29, 0.717) is 29.1 Å². The van der Waals surface area contributed by atoms with Crippen LogP contribution in [0, 0.1) is 6.92 Å². The Morgan fingerprint density at radius 2 is 1.88 bits per heavy atom. The second-order valence-corrected chi connectivity index (χ2v) is 10.1. The number of amides is 1. The molecule has 206 valence electrons. The topological polar surface area (TPSA) is 125 Å². The molecule has 0 radical (unpaired) electrons. The summed E-state index contributed by atoms with van der Waals surface area (Å²) in [5.41, 5.74) is 10.3. The number of hydrogen-bond acceptors (Lipinski definition) is 6. The van der Waals surface area contributed by atoms with Crippen molar-refractivity contribution in [2.75, 3.05) is 5.73 Å². The van der Waals surface area contributed by atoms with Crippen molar-refractivity contribution in [2.45, 2.75) is 32.9 Å². The van der Waals surface area contributed by atoms with E-state index < -0.39 is 11.9 Å². The lowest BCUT2D eigenvalue weighted by Crippen LogP contribution is -2.32. The SMILES string of the molecule is Cc1c(/C=C/c2cccc3cc([C@H](C)NC(=O)c4c(N)nn5c4N=CCC5)n(-c4ccccc4)c(=O)c23)cnn1C. The number of nitrogen functional groups attached to an aromatic ring is 1. The third-order valence-electron chi connectivity index (χ3n) is 7.49. The maximum absolute atomic E-state index is 14.3. The molecule has 0 unspecified atom stereocenters. The number of nitrogens with one attached hydrogen (secondary N) is 1. The first-order valence-electron chi connectivity index (χ1n) is 13.4. The highest BCUT2D eigenvalue weighted by Gasteiger charge is 2.26. The number of aromatic nitrogens is 5. The third kappa shape index (κ3) is 4.63. The predicted molar refractivity (Wildman–Crippen MR) is 162 cm³/mol.